The van der Waals surface area contributed by atoms with Crippen LogP contribution in [0.5, 0.6) is 0 Å². The molecule has 2 amide bonds. The number of aliphatic hydroxyl groups excluding tert-OH is 9. The number of amides is 2. The second-order valence-electron chi connectivity index (χ2n) is 21.5. The molecular weight excluding hydrogens is 1020 g/mol. The number of aliphatic carboxylic acids is 1. The van der Waals surface area contributed by atoms with Crippen molar-refractivity contribution in [2.75, 3.05) is 27.2 Å². The smallest absolute Gasteiger partial charge is 0.311 e. The zero-order valence-electron chi connectivity index (χ0n) is 45.6. The lowest BCUT2D eigenvalue weighted by atomic mass is 9.82. The molecule has 4 heterocycles. The highest BCUT2D eigenvalue weighted by Gasteiger charge is 2.52. The lowest BCUT2D eigenvalue weighted by Crippen LogP contribution is -2.65. The molecule has 22 heteroatoms. The summed E-state index contributed by atoms with van der Waals surface area (Å²) in [6.45, 7) is 7.51. The molecule has 4 aliphatic heterocycles. The Hall–Kier alpha value is -4.34. The molecule has 0 radical (unpaired) electrons. The molecule has 440 valence electrons. The number of cyclic esters (lactones) is 1. The van der Waals surface area contributed by atoms with Gasteiger partial charge in [-0.05, 0) is 60.2 Å². The summed E-state index contributed by atoms with van der Waals surface area (Å²) in [5, 5.41) is 124. The highest BCUT2D eigenvalue weighted by Crippen LogP contribution is 2.38. The summed E-state index contributed by atoms with van der Waals surface area (Å²) in [5.41, 5.74) is 0. The SMILES string of the molecule is C[C@@H]1[C@H](O)[C@@H](C)C=CC=CC=CC=CC=CC=CC=C[C@H](O[C@@H]2O[C@H](C)[C@@H](O)[C@H](NC3CC(=O)N(CCCN(C)C)C3=O)[C@@H]2O)C[C@@H]2O[C@](O)(C[C@@H](O)C[C@@H](O)[C@H](O)CC[C@@H](O)C[C@@H](O)CC(=O)O[C@H]1C)C[C@H](O)[C@H]2C(=O)O. The number of carboxylic acid groups (broad SMARTS) is 1. The number of carboxylic acids is 1. The first-order valence-corrected chi connectivity index (χ1v) is 27.0. The molecule has 22 nitrogen and oxygen atoms in total. The molecule has 0 spiro atoms. The average Bonchev–Trinajstić information content (AvgIpc) is 3.66. The molecule has 4 rings (SSSR count). The molecule has 3 fully saturated rings. The van der Waals surface area contributed by atoms with Gasteiger partial charge in [0.05, 0.1) is 92.1 Å². The predicted octanol–water partition coefficient (Wildman–Crippen LogP) is 0.422. The molecule has 3 saturated heterocycles. The van der Waals surface area contributed by atoms with Crippen LogP contribution >= 0.6 is 0 Å². The standard InChI is InChI=1S/C56H87N3O19/c1-33-20-17-15-13-11-9-7-8-10-12-14-16-18-21-40(77-55-52(70)49(51(69)36(4)76-55)57-41-30-46(66)59(53(41)71)25-19-24-58(5)6)29-45-48(54(72)73)44(65)32-56(74,78-45)31-39(62)27-43(64)42(63)23-22-37(60)26-38(61)28-47(67)75-35(3)34(2)50(33)68/h7-18,20-21,33-45,48-52,55,57,60-65,68-70,74H,19,22-32H2,1-6H3,(H,72,73)/t33-,34-,35-,36+,37+,38+,39-,40-,41?,42+,43+,44-,45-,48+,49-,50+,51+,52-,55-,56+/m0/s1. The van der Waals surface area contributed by atoms with Crippen molar-refractivity contribution in [2.45, 2.75) is 195 Å². The van der Waals surface area contributed by atoms with Crippen molar-refractivity contribution >= 4 is 23.8 Å². The summed E-state index contributed by atoms with van der Waals surface area (Å²) < 4.78 is 23.7. The van der Waals surface area contributed by atoms with Crippen molar-refractivity contribution in [3.8, 4) is 0 Å². The van der Waals surface area contributed by atoms with Crippen molar-refractivity contribution in [3.05, 3.63) is 85.1 Å². The van der Waals surface area contributed by atoms with Gasteiger partial charge in [-0.3, -0.25) is 29.4 Å². The Kier molecular flexibility index (Phi) is 27.3. The number of carbonyl (C=O) groups excluding carboxylic acids is 3. The molecule has 78 heavy (non-hydrogen) atoms. The average molecular weight is 1110 g/mol. The Bertz CT molecular complexity index is 2120. The zero-order valence-corrected chi connectivity index (χ0v) is 45.6. The maximum atomic E-state index is 13.4. The van der Waals surface area contributed by atoms with Gasteiger partial charge in [0.1, 0.15) is 18.1 Å². The Morgan fingerprint density at radius 3 is 1.91 bits per heavy atom. The normalized spacial score (nSPS) is 39.2. The minimum absolute atomic E-state index is 0.132. The van der Waals surface area contributed by atoms with Crippen molar-refractivity contribution in [2.24, 2.45) is 17.8 Å². The Labute approximate surface area is 457 Å². The highest BCUT2D eigenvalue weighted by molar-refractivity contribution is 6.05. The van der Waals surface area contributed by atoms with Crippen LogP contribution in [0.2, 0.25) is 0 Å². The maximum absolute atomic E-state index is 13.4. The van der Waals surface area contributed by atoms with E-state index in [1.807, 2.05) is 32.0 Å². The molecule has 1 unspecified atom stereocenters. The Morgan fingerprint density at radius 1 is 0.705 bits per heavy atom. The van der Waals surface area contributed by atoms with Crippen LogP contribution in [0.3, 0.4) is 0 Å². The van der Waals surface area contributed by atoms with Gasteiger partial charge in [-0.25, -0.2) is 0 Å². The Balaban J connectivity index is 1.59. The van der Waals surface area contributed by atoms with Crippen molar-refractivity contribution in [1.29, 1.82) is 0 Å². The second kappa shape index (κ2) is 32.2. The second-order valence-corrected chi connectivity index (χ2v) is 21.5. The number of nitrogens with zero attached hydrogens (tertiary/aromatic N) is 2. The molecule has 0 aromatic rings. The van der Waals surface area contributed by atoms with E-state index in [4.69, 9.17) is 18.9 Å². The minimum Gasteiger partial charge on any atom is -0.481 e. The molecular formula is C56H87N3O19. The maximum Gasteiger partial charge on any atom is 0.311 e. The first-order valence-electron chi connectivity index (χ1n) is 27.0. The molecule has 0 aromatic heterocycles. The number of allylic oxidation sites excluding steroid dienone is 12. The van der Waals surface area contributed by atoms with Crippen molar-refractivity contribution in [1.82, 2.24) is 15.1 Å². The lowest BCUT2D eigenvalue weighted by Gasteiger charge is -2.45. The van der Waals surface area contributed by atoms with Crippen LogP contribution in [0.1, 0.15) is 91.9 Å². The van der Waals surface area contributed by atoms with E-state index in [0.717, 1.165) is 4.90 Å². The van der Waals surface area contributed by atoms with Gasteiger partial charge in [0, 0.05) is 44.1 Å². The number of aliphatic hydroxyl groups is 10. The Morgan fingerprint density at radius 2 is 1.31 bits per heavy atom. The van der Waals surface area contributed by atoms with Crippen molar-refractivity contribution in [3.63, 3.8) is 0 Å². The number of likely N-dealkylation sites (tertiary alicyclic amines) is 1. The van der Waals surface area contributed by atoms with E-state index in [-0.39, 0.29) is 38.1 Å². The number of hydrogen-bond acceptors (Lipinski definition) is 20. The van der Waals surface area contributed by atoms with E-state index < -0.39 is 171 Å². The number of ether oxygens (including phenoxy) is 4. The summed E-state index contributed by atoms with van der Waals surface area (Å²) >= 11 is 0. The van der Waals surface area contributed by atoms with Crippen molar-refractivity contribution < 1.29 is 94.3 Å². The first kappa shape index (κ1) is 66.2. The number of esters is 1. The van der Waals surface area contributed by atoms with Crippen LogP contribution in [0.25, 0.3) is 0 Å². The largest absolute Gasteiger partial charge is 0.481 e. The van der Waals surface area contributed by atoms with Crippen LogP contribution in [0.4, 0.5) is 0 Å². The van der Waals surface area contributed by atoms with Gasteiger partial charge >= 0.3 is 11.9 Å². The number of carbonyl (C=O) groups is 4. The summed E-state index contributed by atoms with van der Waals surface area (Å²) in [7, 11) is 3.73. The van der Waals surface area contributed by atoms with Gasteiger partial charge in [0.15, 0.2) is 12.1 Å². The molecule has 2 bridgehead atoms. The third kappa shape index (κ3) is 21.0. The summed E-state index contributed by atoms with van der Waals surface area (Å²) in [4.78, 5) is 54.8. The van der Waals surface area contributed by atoms with E-state index in [1.165, 1.54) is 13.0 Å². The minimum atomic E-state index is -2.40. The highest BCUT2D eigenvalue weighted by atomic mass is 16.7. The number of imide groups is 1. The zero-order chi connectivity index (χ0) is 57.9. The van der Waals surface area contributed by atoms with Gasteiger partial charge in [0.2, 0.25) is 11.8 Å². The van der Waals surface area contributed by atoms with Crippen LogP contribution in [0, 0.1) is 17.8 Å². The van der Waals surface area contributed by atoms with Crippen LogP contribution in [-0.4, -0.2) is 220 Å². The molecule has 0 saturated carbocycles. The fraction of sp³-hybridized carbons (Fsp3) is 0.679. The van der Waals surface area contributed by atoms with E-state index >= 15 is 0 Å². The number of fused-ring (bicyclic) bond motifs is 2. The third-order valence-corrected chi connectivity index (χ3v) is 14.6. The lowest BCUT2D eigenvalue weighted by molar-refractivity contribution is -0.309. The molecule has 0 aliphatic carbocycles. The fourth-order valence-corrected chi connectivity index (χ4v) is 9.96. The van der Waals surface area contributed by atoms with Gasteiger partial charge in [-0.2, -0.15) is 0 Å². The van der Waals surface area contributed by atoms with Gasteiger partial charge in [0.25, 0.3) is 0 Å². The van der Waals surface area contributed by atoms with E-state index in [9.17, 15) is 75.3 Å². The topological polar surface area (TPSA) is 346 Å². The first-order chi connectivity index (χ1) is 36.8. The molecule has 0 aromatic carbocycles. The fourth-order valence-electron chi connectivity index (χ4n) is 9.96. The number of rotatable bonds is 9. The van der Waals surface area contributed by atoms with Gasteiger partial charge in [-0.15, -0.1) is 0 Å². The monoisotopic (exact) mass is 1110 g/mol. The number of hydrogen-bond donors (Lipinski definition) is 12. The van der Waals surface area contributed by atoms with Gasteiger partial charge < -0.3 is 80.0 Å². The van der Waals surface area contributed by atoms with Crippen LogP contribution < -0.4 is 5.32 Å². The van der Waals surface area contributed by atoms with Crippen LogP contribution in [0.15, 0.2) is 85.1 Å². The molecule has 4 aliphatic rings. The third-order valence-electron chi connectivity index (χ3n) is 14.6. The summed E-state index contributed by atoms with van der Waals surface area (Å²) in [5.74, 6) is -8.01. The van der Waals surface area contributed by atoms with E-state index in [1.54, 1.807) is 86.8 Å². The van der Waals surface area contributed by atoms with Gasteiger partial charge in [-0.1, -0.05) is 98.9 Å². The summed E-state index contributed by atoms with van der Waals surface area (Å²) in [6.07, 6.45) is 2.07. The number of nitrogens with one attached hydrogen (secondary N) is 1. The molecule has 12 N–H and O–H groups in total. The van der Waals surface area contributed by atoms with Crippen LogP contribution in [-0.2, 0) is 38.1 Å². The van der Waals surface area contributed by atoms with E-state index in [2.05, 4.69) is 5.32 Å². The quantitative estimate of drug-likeness (QED) is 0.110. The predicted molar refractivity (Wildman–Crippen MR) is 284 cm³/mol. The summed E-state index contributed by atoms with van der Waals surface area (Å²) in [6, 6.07) is -2.34. The molecule has 20 atom stereocenters. The van der Waals surface area contributed by atoms with E-state index in [0.29, 0.717) is 13.0 Å².